The third-order valence-corrected chi connectivity index (χ3v) is 15.6. The summed E-state index contributed by atoms with van der Waals surface area (Å²) < 4.78 is 0. The summed E-state index contributed by atoms with van der Waals surface area (Å²) in [7, 11) is -1.36. The van der Waals surface area contributed by atoms with Crippen LogP contribution in [-0.4, -0.2) is 31.3 Å². The Balaban J connectivity index is 1.88. The minimum Gasteiger partial charge on any atom is -0.0761 e. The SMILES string of the molecule is CC(C)(C)[PH+](CC[Si](C)(C)CCB1C2CCCC1CCC2)C(C)(C)C. The Labute approximate surface area is 162 Å². The molecule has 2 heterocycles. The summed E-state index contributed by atoms with van der Waals surface area (Å²) in [6, 6.07) is 3.19. The van der Waals surface area contributed by atoms with E-state index in [0.717, 1.165) is 18.3 Å². The van der Waals surface area contributed by atoms with E-state index in [1.165, 1.54) is 12.8 Å². The lowest BCUT2D eigenvalue weighted by Gasteiger charge is -2.42. The summed E-state index contributed by atoms with van der Waals surface area (Å²) in [6.07, 6.45) is 12.4. The van der Waals surface area contributed by atoms with Gasteiger partial charge in [0, 0.05) is 7.92 Å². The summed E-state index contributed by atoms with van der Waals surface area (Å²) in [4.78, 5) is 0. The fourth-order valence-electron chi connectivity index (χ4n) is 6.31. The van der Waals surface area contributed by atoms with E-state index in [4.69, 9.17) is 0 Å². The maximum Gasteiger partial charge on any atom is 0.146 e. The first kappa shape index (κ1) is 22.0. The Morgan fingerprint density at radius 2 is 1.24 bits per heavy atom. The second-order valence-corrected chi connectivity index (χ2v) is 22.0. The lowest BCUT2D eigenvalue weighted by Crippen LogP contribution is -2.37. The molecule has 0 amide bonds. The van der Waals surface area contributed by atoms with Crippen LogP contribution >= 0.6 is 7.92 Å². The highest BCUT2D eigenvalue weighted by atomic mass is 31.1. The fourth-order valence-corrected chi connectivity index (χ4v) is 15.1. The van der Waals surface area contributed by atoms with Crippen molar-refractivity contribution in [1.29, 1.82) is 0 Å². The summed E-state index contributed by atoms with van der Waals surface area (Å²) in [6.45, 7) is 21.6. The molecule has 2 bridgehead atoms. The van der Waals surface area contributed by atoms with Crippen molar-refractivity contribution >= 4 is 22.7 Å². The van der Waals surface area contributed by atoms with Crippen LogP contribution in [-0.2, 0) is 0 Å². The van der Waals surface area contributed by atoms with Crippen LogP contribution in [0.25, 0.3) is 0 Å². The minimum absolute atomic E-state index is 0.331. The molecule has 0 aromatic carbocycles. The summed E-state index contributed by atoms with van der Waals surface area (Å²) in [5.74, 6) is 2.22. The third-order valence-electron chi connectivity index (χ3n) is 7.53. The van der Waals surface area contributed by atoms with Crippen molar-refractivity contribution in [2.75, 3.05) is 6.16 Å². The quantitative estimate of drug-likeness (QED) is 0.322. The fraction of sp³-hybridized carbons (Fsp3) is 1.00. The minimum atomic E-state index is -1.03. The van der Waals surface area contributed by atoms with Gasteiger partial charge in [-0.1, -0.05) is 75.6 Å². The molecule has 25 heavy (non-hydrogen) atoms. The Bertz CT molecular complexity index is 385. The molecule has 0 saturated carbocycles. The highest BCUT2D eigenvalue weighted by Crippen LogP contribution is 2.60. The van der Waals surface area contributed by atoms with Gasteiger partial charge in [-0.15, -0.1) is 0 Å². The van der Waals surface area contributed by atoms with Crippen LogP contribution in [0.4, 0.5) is 0 Å². The second kappa shape index (κ2) is 8.38. The van der Waals surface area contributed by atoms with E-state index in [0.29, 0.717) is 10.3 Å². The van der Waals surface area contributed by atoms with E-state index < -0.39 is 8.07 Å². The zero-order chi connectivity index (χ0) is 18.9. The van der Waals surface area contributed by atoms with Gasteiger partial charge in [0.1, 0.15) is 6.71 Å². The van der Waals surface area contributed by atoms with Crippen molar-refractivity contribution in [2.24, 2.45) is 0 Å². The first-order valence-electron chi connectivity index (χ1n) is 11.3. The van der Waals surface area contributed by atoms with E-state index >= 15 is 0 Å². The maximum absolute atomic E-state index is 2.70. The van der Waals surface area contributed by atoms with E-state index in [-0.39, 0.29) is 7.92 Å². The molecule has 0 unspecified atom stereocenters. The first-order valence-corrected chi connectivity index (χ1v) is 16.4. The average Bonchev–Trinajstić information content (AvgIpc) is 2.41. The standard InChI is InChI=1S/C22H46BPSi/c1-21(2,3)24(22(4,5)6)16-18-25(7,8)17-15-23-19-11-9-12-20(23)14-10-13-19/h19-20H,9-18H2,1-8H3/p+1. The van der Waals surface area contributed by atoms with Crippen molar-refractivity contribution in [3.05, 3.63) is 0 Å². The summed E-state index contributed by atoms with van der Waals surface area (Å²) in [5.41, 5.74) is 0. The highest BCUT2D eigenvalue weighted by molar-refractivity contribution is 7.61. The zero-order valence-electron chi connectivity index (χ0n) is 18.8. The van der Waals surface area contributed by atoms with Gasteiger partial charge in [0.2, 0.25) is 0 Å². The molecule has 0 aromatic heterocycles. The molecule has 0 nitrogen and oxygen atoms in total. The van der Waals surface area contributed by atoms with Gasteiger partial charge in [-0.2, -0.15) is 0 Å². The predicted octanol–water partition coefficient (Wildman–Crippen LogP) is 8.11. The van der Waals surface area contributed by atoms with Crippen LogP contribution in [0.5, 0.6) is 0 Å². The molecule has 2 aliphatic heterocycles. The summed E-state index contributed by atoms with van der Waals surface area (Å²) in [5, 5.41) is 1.07. The zero-order valence-corrected chi connectivity index (χ0v) is 20.8. The van der Waals surface area contributed by atoms with Crippen molar-refractivity contribution in [1.82, 2.24) is 0 Å². The van der Waals surface area contributed by atoms with Crippen LogP contribution in [0.15, 0.2) is 0 Å². The van der Waals surface area contributed by atoms with E-state index in [9.17, 15) is 0 Å². The van der Waals surface area contributed by atoms with Crippen molar-refractivity contribution in [2.45, 2.75) is 134 Å². The van der Waals surface area contributed by atoms with Crippen LogP contribution in [0.1, 0.15) is 80.1 Å². The smallest absolute Gasteiger partial charge is 0.0761 e. The Morgan fingerprint density at radius 1 is 0.800 bits per heavy atom. The molecular weight excluding hydrogens is 334 g/mol. The van der Waals surface area contributed by atoms with Gasteiger partial charge in [-0.05, 0) is 47.6 Å². The molecular formula is C22H47BPSi+. The van der Waals surface area contributed by atoms with Crippen LogP contribution in [0, 0.1) is 0 Å². The van der Waals surface area contributed by atoms with E-state index in [2.05, 4.69) is 54.6 Å². The molecule has 0 spiro atoms. The monoisotopic (exact) mass is 381 g/mol. The number of fused-ring (bicyclic) bond motifs is 2. The number of hydrogen-bond donors (Lipinski definition) is 0. The van der Waals surface area contributed by atoms with Gasteiger partial charge in [0.15, 0.2) is 0 Å². The maximum atomic E-state index is 2.70. The molecule has 2 saturated heterocycles. The summed E-state index contributed by atoms with van der Waals surface area (Å²) >= 11 is 0. The van der Waals surface area contributed by atoms with Gasteiger partial charge in [-0.3, -0.25) is 0 Å². The molecule has 2 fully saturated rings. The van der Waals surface area contributed by atoms with E-state index in [1.807, 2.05) is 0 Å². The van der Waals surface area contributed by atoms with Crippen molar-refractivity contribution in [3.63, 3.8) is 0 Å². The topological polar surface area (TPSA) is 0 Å². The lowest BCUT2D eigenvalue weighted by molar-refractivity contribution is 0.442. The molecule has 0 aromatic rings. The van der Waals surface area contributed by atoms with Gasteiger partial charge in [0.25, 0.3) is 0 Å². The van der Waals surface area contributed by atoms with Crippen molar-refractivity contribution < 1.29 is 0 Å². The Morgan fingerprint density at radius 3 is 1.64 bits per heavy atom. The van der Waals surface area contributed by atoms with Crippen LogP contribution in [0.2, 0.25) is 43.1 Å². The Kier molecular flexibility index (Phi) is 7.38. The first-order chi connectivity index (χ1) is 11.4. The molecule has 2 aliphatic rings. The molecule has 2 rings (SSSR count). The second-order valence-electron chi connectivity index (χ2n) is 12.2. The van der Waals surface area contributed by atoms with E-state index in [1.54, 1.807) is 50.3 Å². The van der Waals surface area contributed by atoms with Gasteiger partial charge in [-0.25, -0.2) is 0 Å². The van der Waals surface area contributed by atoms with Gasteiger partial charge < -0.3 is 0 Å². The molecule has 3 heteroatoms. The molecule has 146 valence electrons. The number of hydrogen-bond acceptors (Lipinski definition) is 0. The Hall–Kier alpha value is 0.712. The van der Waals surface area contributed by atoms with Crippen molar-refractivity contribution in [3.8, 4) is 0 Å². The molecule has 0 radical (unpaired) electrons. The number of rotatable bonds is 6. The van der Waals surface area contributed by atoms with Crippen LogP contribution in [0.3, 0.4) is 0 Å². The molecule has 0 atom stereocenters. The van der Waals surface area contributed by atoms with Crippen LogP contribution < -0.4 is 0 Å². The molecule has 0 aliphatic carbocycles. The van der Waals surface area contributed by atoms with Gasteiger partial charge >= 0.3 is 0 Å². The highest BCUT2D eigenvalue weighted by Gasteiger charge is 2.43. The van der Waals surface area contributed by atoms with Gasteiger partial charge in [0.05, 0.1) is 24.5 Å². The third kappa shape index (κ3) is 6.38. The normalized spacial score (nSPS) is 25.6. The largest absolute Gasteiger partial charge is 0.146 e. The predicted molar refractivity (Wildman–Crippen MR) is 126 cm³/mol. The molecule has 0 N–H and O–H groups in total. The lowest BCUT2D eigenvalue weighted by atomic mass is 9.26. The average molecular weight is 381 g/mol.